The van der Waals surface area contributed by atoms with Crippen molar-refractivity contribution in [1.82, 2.24) is 34.7 Å². The number of anilines is 1. The van der Waals surface area contributed by atoms with Crippen LogP contribution in [0.3, 0.4) is 0 Å². The minimum Gasteiger partial charge on any atom is -0.381 e. The lowest BCUT2D eigenvalue weighted by molar-refractivity contribution is 0.0941. The van der Waals surface area contributed by atoms with Gasteiger partial charge in [0, 0.05) is 53.4 Å². The van der Waals surface area contributed by atoms with Crippen molar-refractivity contribution >= 4 is 28.3 Å². The number of hydrogen-bond donors (Lipinski definition) is 3. The predicted octanol–water partition coefficient (Wildman–Crippen LogP) is 4.08. The molecule has 0 saturated heterocycles. The number of aromatic nitrogens is 6. The molecule has 1 atom stereocenters. The first-order valence-electron chi connectivity index (χ1n) is 12.1. The summed E-state index contributed by atoms with van der Waals surface area (Å²) in [6, 6.07) is 17.4. The second-order valence-corrected chi connectivity index (χ2v) is 9.00. The highest BCUT2D eigenvalue weighted by atomic mass is 16.1. The number of carbonyl (C=O) groups excluding carboxylic acids is 1. The quantitative estimate of drug-likeness (QED) is 0.315. The number of rotatable bonds is 4. The Morgan fingerprint density at radius 3 is 2.74 bits per heavy atom. The Balaban J connectivity index is 1.45. The number of amides is 1. The van der Waals surface area contributed by atoms with Crippen molar-refractivity contribution in [2.45, 2.75) is 13.0 Å². The van der Waals surface area contributed by atoms with Gasteiger partial charge in [0.1, 0.15) is 5.56 Å². The number of nitrogens with two attached hydrogens (primary N) is 1. The molecule has 4 heterocycles. The molecule has 6 rings (SSSR count). The van der Waals surface area contributed by atoms with Crippen molar-refractivity contribution in [3.63, 3.8) is 0 Å². The molecule has 0 radical (unpaired) electrons. The van der Waals surface area contributed by atoms with Gasteiger partial charge in [-0.25, -0.2) is 9.50 Å². The molecule has 4 aromatic heterocycles. The van der Waals surface area contributed by atoms with Gasteiger partial charge in [0.2, 0.25) is 0 Å². The summed E-state index contributed by atoms with van der Waals surface area (Å²) in [6.45, 7) is 1.94. The van der Waals surface area contributed by atoms with Gasteiger partial charge in [0.05, 0.1) is 17.8 Å². The molecule has 0 aliphatic carbocycles. The molecule has 0 saturated carbocycles. The van der Waals surface area contributed by atoms with Crippen molar-refractivity contribution in [1.29, 1.82) is 0 Å². The zero-order chi connectivity index (χ0) is 26.2. The SMILES string of the molecule is C[C@@H](NC(=O)c1c(N)nn2cccnc12)c1[nH]c2cccc(C#Cc3cnn(C)c3)c2c1-c1ccccc1. The first kappa shape index (κ1) is 23.1. The van der Waals surface area contributed by atoms with E-state index in [1.807, 2.05) is 56.6 Å². The maximum atomic E-state index is 13.4. The van der Waals surface area contributed by atoms with Gasteiger partial charge in [-0.1, -0.05) is 48.2 Å². The molecule has 38 heavy (non-hydrogen) atoms. The van der Waals surface area contributed by atoms with Gasteiger partial charge in [-0.05, 0) is 30.7 Å². The van der Waals surface area contributed by atoms with Crippen LogP contribution in [0.5, 0.6) is 0 Å². The standard InChI is InChI=1S/C29H24N8O/c1-18(33-29(38)25-27(30)35-37-15-7-14-31-28(25)37)26-24(20-8-4-3-5-9-20)23-21(10-6-11-22(23)34-26)13-12-19-16-32-36(2)17-19/h3-11,14-18,34H,1-2H3,(H2,30,35)(H,33,38)/t18-/m1/s1. The third kappa shape index (κ3) is 4.04. The zero-order valence-corrected chi connectivity index (χ0v) is 20.8. The summed E-state index contributed by atoms with van der Waals surface area (Å²) in [7, 11) is 1.87. The van der Waals surface area contributed by atoms with E-state index >= 15 is 0 Å². The van der Waals surface area contributed by atoms with Gasteiger partial charge in [-0.2, -0.15) is 5.10 Å². The molecule has 0 bridgehead atoms. The molecule has 6 aromatic rings. The topological polar surface area (TPSA) is 119 Å². The number of nitrogens with one attached hydrogen (secondary N) is 2. The summed E-state index contributed by atoms with van der Waals surface area (Å²) in [5.74, 6) is 6.32. The minimum absolute atomic E-state index is 0.126. The van der Waals surface area contributed by atoms with E-state index in [1.54, 1.807) is 29.3 Å². The molecule has 9 heteroatoms. The Morgan fingerprint density at radius 2 is 1.95 bits per heavy atom. The number of aromatic amines is 1. The van der Waals surface area contributed by atoms with Crippen LogP contribution in [0, 0.1) is 11.8 Å². The highest BCUT2D eigenvalue weighted by molar-refractivity contribution is 6.05. The van der Waals surface area contributed by atoms with Crippen LogP contribution in [0.4, 0.5) is 5.82 Å². The average molecular weight is 501 g/mol. The molecular formula is C29H24N8O. The Morgan fingerprint density at radius 1 is 1.11 bits per heavy atom. The van der Waals surface area contributed by atoms with Crippen LogP contribution in [0.25, 0.3) is 27.7 Å². The lowest BCUT2D eigenvalue weighted by atomic mass is 9.96. The highest BCUT2D eigenvalue weighted by Gasteiger charge is 2.25. The van der Waals surface area contributed by atoms with Crippen molar-refractivity contribution in [2.75, 3.05) is 5.73 Å². The maximum Gasteiger partial charge on any atom is 0.259 e. The number of fused-ring (bicyclic) bond motifs is 2. The smallest absolute Gasteiger partial charge is 0.259 e. The van der Waals surface area contributed by atoms with E-state index in [0.29, 0.717) is 5.65 Å². The van der Waals surface area contributed by atoms with Crippen LogP contribution in [0.1, 0.15) is 40.1 Å². The van der Waals surface area contributed by atoms with E-state index in [0.717, 1.165) is 38.9 Å². The van der Waals surface area contributed by atoms with Crippen molar-refractivity contribution in [3.05, 3.63) is 102 Å². The number of nitrogen functional groups attached to an aromatic ring is 1. The molecule has 2 aromatic carbocycles. The van der Waals surface area contributed by atoms with Crippen LogP contribution in [0.15, 0.2) is 79.4 Å². The number of nitrogens with zero attached hydrogens (tertiary/aromatic N) is 5. The van der Waals surface area contributed by atoms with Gasteiger partial charge >= 0.3 is 0 Å². The van der Waals surface area contributed by atoms with E-state index in [2.05, 4.69) is 49.5 Å². The largest absolute Gasteiger partial charge is 0.381 e. The Kier molecular flexibility index (Phi) is 5.62. The first-order valence-corrected chi connectivity index (χ1v) is 12.1. The molecule has 4 N–H and O–H groups in total. The third-order valence-electron chi connectivity index (χ3n) is 6.39. The number of benzene rings is 2. The molecule has 1 amide bonds. The van der Waals surface area contributed by atoms with Crippen LogP contribution < -0.4 is 11.1 Å². The van der Waals surface area contributed by atoms with Crippen molar-refractivity contribution in [3.8, 4) is 23.0 Å². The lowest BCUT2D eigenvalue weighted by Gasteiger charge is -2.15. The van der Waals surface area contributed by atoms with E-state index in [4.69, 9.17) is 5.73 Å². The summed E-state index contributed by atoms with van der Waals surface area (Å²) < 4.78 is 3.23. The minimum atomic E-state index is -0.387. The number of H-pyrrole nitrogens is 1. The summed E-state index contributed by atoms with van der Waals surface area (Å²) in [4.78, 5) is 21.2. The third-order valence-corrected chi connectivity index (χ3v) is 6.39. The summed E-state index contributed by atoms with van der Waals surface area (Å²) >= 11 is 0. The molecule has 0 unspecified atom stereocenters. The molecule has 0 aliphatic rings. The molecule has 186 valence electrons. The lowest BCUT2D eigenvalue weighted by Crippen LogP contribution is -2.28. The summed E-state index contributed by atoms with van der Waals surface area (Å²) in [5.41, 5.74) is 12.2. The zero-order valence-electron chi connectivity index (χ0n) is 20.8. The van der Waals surface area contributed by atoms with E-state index in [-0.39, 0.29) is 23.3 Å². The van der Waals surface area contributed by atoms with Crippen molar-refractivity contribution < 1.29 is 4.79 Å². The van der Waals surface area contributed by atoms with E-state index in [1.165, 1.54) is 4.52 Å². The number of hydrogen-bond acceptors (Lipinski definition) is 5. The molecule has 0 aliphatic heterocycles. The fraction of sp³-hybridized carbons (Fsp3) is 0.103. The highest BCUT2D eigenvalue weighted by Crippen LogP contribution is 2.37. The van der Waals surface area contributed by atoms with Gasteiger partial charge in [-0.3, -0.25) is 9.48 Å². The number of carbonyl (C=O) groups is 1. The fourth-order valence-electron chi connectivity index (χ4n) is 4.69. The van der Waals surface area contributed by atoms with Gasteiger partial charge < -0.3 is 16.0 Å². The second-order valence-electron chi connectivity index (χ2n) is 9.00. The Hall–Kier alpha value is -5.36. The average Bonchev–Trinajstić information content (AvgIpc) is 3.62. The normalized spacial score (nSPS) is 11.8. The van der Waals surface area contributed by atoms with Gasteiger partial charge in [-0.15, -0.1) is 5.10 Å². The van der Waals surface area contributed by atoms with E-state index < -0.39 is 0 Å². The van der Waals surface area contributed by atoms with Crippen LogP contribution >= 0.6 is 0 Å². The summed E-state index contributed by atoms with van der Waals surface area (Å²) in [5, 5.41) is 12.5. The van der Waals surface area contributed by atoms with E-state index in [9.17, 15) is 4.79 Å². The predicted molar refractivity (Wildman–Crippen MR) is 146 cm³/mol. The molecule has 0 spiro atoms. The van der Waals surface area contributed by atoms with Crippen LogP contribution in [-0.2, 0) is 7.05 Å². The second kappa shape index (κ2) is 9.26. The summed E-state index contributed by atoms with van der Waals surface area (Å²) in [6.07, 6.45) is 6.94. The van der Waals surface area contributed by atoms with Gasteiger partial charge in [0.15, 0.2) is 11.5 Å². The molecule has 0 fully saturated rings. The Bertz CT molecular complexity index is 1870. The monoisotopic (exact) mass is 500 g/mol. The van der Waals surface area contributed by atoms with Gasteiger partial charge in [0.25, 0.3) is 5.91 Å². The molecular weight excluding hydrogens is 476 g/mol. The number of aryl methyl sites for hydroxylation is 1. The maximum absolute atomic E-state index is 13.4. The fourth-order valence-corrected chi connectivity index (χ4v) is 4.69. The first-order chi connectivity index (χ1) is 18.5. The van der Waals surface area contributed by atoms with Crippen LogP contribution in [-0.4, -0.2) is 35.3 Å². The molecule has 9 nitrogen and oxygen atoms in total. The van der Waals surface area contributed by atoms with Crippen molar-refractivity contribution in [2.24, 2.45) is 7.05 Å². The Labute approximate surface area is 218 Å². The van der Waals surface area contributed by atoms with Crippen LogP contribution in [0.2, 0.25) is 0 Å².